The average molecular weight is 492 g/mol. The molecule has 6 heteroatoms. The number of carboxylic acid groups (broad SMARTS) is 1. The van der Waals surface area contributed by atoms with Crippen LogP contribution in [0.1, 0.15) is 38.5 Å². The number of rotatable bonds is 8. The first kappa shape index (κ1) is 28.4. The lowest BCUT2D eigenvalue weighted by atomic mass is 10.0. The third kappa shape index (κ3) is 8.75. The lowest BCUT2D eigenvalue weighted by Crippen LogP contribution is -2.50. The fourth-order valence-corrected chi connectivity index (χ4v) is 3.56. The third-order valence-electron chi connectivity index (χ3n) is 5.73. The van der Waals surface area contributed by atoms with Crippen molar-refractivity contribution in [3.05, 3.63) is 83.9 Å². The summed E-state index contributed by atoms with van der Waals surface area (Å²) in [4.78, 5) is 12.4. The van der Waals surface area contributed by atoms with Gasteiger partial charge in [-0.25, -0.2) is 4.39 Å². The van der Waals surface area contributed by atoms with Gasteiger partial charge in [0.15, 0.2) is 0 Å². The summed E-state index contributed by atoms with van der Waals surface area (Å²) in [5.41, 5.74) is 3.19. The van der Waals surface area contributed by atoms with Crippen molar-refractivity contribution in [3.63, 3.8) is 0 Å². The van der Waals surface area contributed by atoms with Gasteiger partial charge in [0.2, 0.25) is 0 Å². The Labute approximate surface area is 212 Å². The molecule has 1 aliphatic heterocycles. The second-order valence-corrected chi connectivity index (χ2v) is 8.43. The summed E-state index contributed by atoms with van der Waals surface area (Å²) in [6.07, 6.45) is 12.2. The molecule has 0 atom stereocenters. The number of allylic oxidation sites excluding steroid dienone is 3. The summed E-state index contributed by atoms with van der Waals surface area (Å²) in [6.45, 7) is 8.01. The van der Waals surface area contributed by atoms with Gasteiger partial charge in [0.05, 0.1) is 11.7 Å². The van der Waals surface area contributed by atoms with E-state index in [1.807, 2.05) is 54.3 Å². The van der Waals surface area contributed by atoms with Crippen molar-refractivity contribution in [1.82, 2.24) is 4.90 Å². The average Bonchev–Trinajstić information content (AvgIpc) is 3.29. The number of halogens is 1. The summed E-state index contributed by atoms with van der Waals surface area (Å²) in [5, 5.41) is 9.68. The van der Waals surface area contributed by atoms with Gasteiger partial charge >= 0.3 is 5.97 Å². The quantitative estimate of drug-likeness (QED) is 0.346. The lowest BCUT2D eigenvalue weighted by Gasteiger charge is -2.36. The molecule has 190 valence electrons. The van der Waals surface area contributed by atoms with Crippen LogP contribution in [0.3, 0.4) is 0 Å². The van der Waals surface area contributed by atoms with Gasteiger partial charge in [-0.15, -0.1) is 12.8 Å². The molecule has 3 aromatic rings. The van der Waals surface area contributed by atoms with E-state index in [1.54, 1.807) is 0 Å². The molecule has 0 radical (unpaired) electrons. The molecule has 0 aliphatic carbocycles. The minimum Gasteiger partial charge on any atom is -0.489 e. The van der Waals surface area contributed by atoms with Gasteiger partial charge in [-0.2, -0.15) is 0 Å². The summed E-state index contributed by atoms with van der Waals surface area (Å²) in [7, 11) is 0. The maximum atomic E-state index is 12.2. The highest BCUT2D eigenvalue weighted by Gasteiger charge is 2.31. The van der Waals surface area contributed by atoms with Crippen LogP contribution in [-0.4, -0.2) is 35.6 Å². The lowest BCUT2D eigenvalue weighted by molar-refractivity contribution is -0.147. The number of carbonyl (C=O) groups is 1. The number of carboxylic acids is 1. The molecule has 1 N–H and O–H groups in total. The van der Waals surface area contributed by atoms with Gasteiger partial charge in [0.25, 0.3) is 0 Å². The Morgan fingerprint density at radius 3 is 2.47 bits per heavy atom. The van der Waals surface area contributed by atoms with Crippen molar-refractivity contribution in [3.8, 4) is 18.6 Å². The third-order valence-corrected chi connectivity index (χ3v) is 5.73. The fraction of sp³-hybridized carbons (Fsp3) is 0.300. The van der Waals surface area contributed by atoms with Crippen LogP contribution < -0.4 is 4.74 Å². The molecule has 0 unspecified atom stereocenters. The maximum Gasteiger partial charge on any atom is 0.309 e. The Bertz CT molecular complexity index is 1180. The minimum atomic E-state index is -0.728. The molecule has 0 bridgehead atoms. The monoisotopic (exact) mass is 491 g/mol. The van der Waals surface area contributed by atoms with E-state index in [-0.39, 0.29) is 11.7 Å². The highest BCUT2D eigenvalue weighted by Crippen LogP contribution is 2.26. The molecule has 2 heterocycles. The van der Waals surface area contributed by atoms with Crippen LogP contribution in [0.25, 0.3) is 16.5 Å². The van der Waals surface area contributed by atoms with Crippen molar-refractivity contribution in [1.29, 1.82) is 0 Å². The molecule has 2 aromatic carbocycles. The first-order valence-corrected chi connectivity index (χ1v) is 11.8. The number of terminal acetylenes is 1. The number of fused-ring (bicyclic) bond motifs is 1. The summed E-state index contributed by atoms with van der Waals surface area (Å²) >= 11 is 0. The number of aliphatic carboxylic acids is 1. The minimum absolute atomic E-state index is 0.171. The topological polar surface area (TPSA) is 62.9 Å². The predicted molar refractivity (Wildman–Crippen MR) is 143 cm³/mol. The molecule has 0 saturated carbocycles. The van der Waals surface area contributed by atoms with Crippen LogP contribution in [0, 0.1) is 18.8 Å². The zero-order chi connectivity index (χ0) is 26.5. The van der Waals surface area contributed by atoms with Crippen molar-refractivity contribution in [2.45, 2.75) is 33.8 Å². The van der Waals surface area contributed by atoms with E-state index in [1.165, 1.54) is 13.0 Å². The van der Waals surface area contributed by atoms with Gasteiger partial charge in [-0.05, 0) is 68.7 Å². The van der Waals surface area contributed by atoms with Crippen LogP contribution in [0.5, 0.6) is 5.75 Å². The maximum absolute atomic E-state index is 12.2. The number of nitrogens with zero attached hydrogens (tertiary/aromatic N) is 1. The Morgan fingerprint density at radius 1 is 1.17 bits per heavy atom. The van der Waals surface area contributed by atoms with E-state index in [4.69, 9.17) is 14.3 Å². The summed E-state index contributed by atoms with van der Waals surface area (Å²) in [6, 6.07) is 18.1. The normalized spacial score (nSPS) is 14.2. The fourth-order valence-electron chi connectivity index (χ4n) is 3.56. The number of furan rings is 1. The Balaban J connectivity index is 0.000000262. The van der Waals surface area contributed by atoms with Crippen LogP contribution in [0.4, 0.5) is 4.39 Å². The Hall–Kier alpha value is -3.82. The molecule has 1 saturated heterocycles. The van der Waals surface area contributed by atoms with E-state index in [0.717, 1.165) is 40.2 Å². The first-order valence-electron chi connectivity index (χ1n) is 11.8. The predicted octanol–water partition coefficient (Wildman–Crippen LogP) is 6.95. The van der Waals surface area contributed by atoms with E-state index in [2.05, 4.69) is 38.0 Å². The molecule has 0 amide bonds. The SMILES string of the molecule is C#C.C/C(F)=C\CCN1CC(C(=O)O)C1.C/C=C(\C)c1cc2cc(COc3ccccc3)ccc2o1. The van der Waals surface area contributed by atoms with E-state index < -0.39 is 5.97 Å². The van der Waals surface area contributed by atoms with Crippen molar-refractivity contribution < 1.29 is 23.4 Å². The molecule has 5 nitrogen and oxygen atoms in total. The molecule has 1 aromatic heterocycles. The van der Waals surface area contributed by atoms with Gasteiger partial charge < -0.3 is 19.2 Å². The molecule has 1 aliphatic rings. The number of hydrogen-bond acceptors (Lipinski definition) is 4. The molecule has 0 spiro atoms. The number of para-hydroxylation sites is 1. The van der Waals surface area contributed by atoms with Gasteiger partial charge in [0.1, 0.15) is 23.7 Å². The molecular formula is C30H34FNO4. The van der Waals surface area contributed by atoms with E-state index in [0.29, 0.717) is 26.1 Å². The second-order valence-electron chi connectivity index (χ2n) is 8.43. The Morgan fingerprint density at radius 2 is 1.86 bits per heavy atom. The first-order chi connectivity index (χ1) is 17.4. The van der Waals surface area contributed by atoms with E-state index in [9.17, 15) is 9.18 Å². The molecule has 1 fully saturated rings. The van der Waals surface area contributed by atoms with Crippen molar-refractivity contribution >= 4 is 22.5 Å². The van der Waals surface area contributed by atoms with Gasteiger partial charge in [-0.3, -0.25) is 4.79 Å². The number of hydrogen-bond donors (Lipinski definition) is 1. The highest BCUT2D eigenvalue weighted by atomic mass is 19.1. The molecular weight excluding hydrogens is 457 g/mol. The van der Waals surface area contributed by atoms with Crippen LogP contribution in [0.15, 0.2) is 77.0 Å². The molecule has 4 rings (SSSR count). The van der Waals surface area contributed by atoms with Gasteiger partial charge in [-0.1, -0.05) is 36.4 Å². The second kappa shape index (κ2) is 14.6. The Kier molecular flexibility index (Phi) is 11.5. The summed E-state index contributed by atoms with van der Waals surface area (Å²) < 4.78 is 23.8. The van der Waals surface area contributed by atoms with Crippen LogP contribution >= 0.6 is 0 Å². The smallest absolute Gasteiger partial charge is 0.309 e. The largest absolute Gasteiger partial charge is 0.489 e. The standard InChI is InChI=1S/C19H18O2.C9H14FNO2.C2H2/c1-3-14(2)19-12-16-11-15(9-10-18(16)21-19)13-20-17-7-5-4-6-8-17;1-7(10)3-2-4-11-5-8(6-11)9(12)13;1-2/h3-12H,13H2,1-2H3;3,8H,2,4-6H2,1H3,(H,12,13);1-2H/b14-3+;7-3+;. The number of likely N-dealkylation sites (tertiary alicyclic amines) is 1. The van der Waals surface area contributed by atoms with Gasteiger partial charge in [0, 0.05) is 25.0 Å². The van der Waals surface area contributed by atoms with E-state index >= 15 is 0 Å². The zero-order valence-corrected chi connectivity index (χ0v) is 21.1. The molecule has 36 heavy (non-hydrogen) atoms. The van der Waals surface area contributed by atoms with Crippen LogP contribution in [-0.2, 0) is 11.4 Å². The highest BCUT2D eigenvalue weighted by molar-refractivity contribution is 5.82. The summed E-state index contributed by atoms with van der Waals surface area (Å²) in [5.74, 6) is 0.697. The van der Waals surface area contributed by atoms with Crippen molar-refractivity contribution in [2.75, 3.05) is 19.6 Å². The number of ether oxygens (including phenoxy) is 1. The van der Waals surface area contributed by atoms with Crippen molar-refractivity contribution in [2.24, 2.45) is 5.92 Å². The number of benzene rings is 2. The zero-order valence-electron chi connectivity index (χ0n) is 21.1. The van der Waals surface area contributed by atoms with Crippen LogP contribution in [0.2, 0.25) is 0 Å².